The molecule has 1 aliphatic rings. The van der Waals surface area contributed by atoms with Crippen LogP contribution in [0.5, 0.6) is 0 Å². The van der Waals surface area contributed by atoms with Gasteiger partial charge in [0.25, 0.3) is 0 Å². The van der Waals surface area contributed by atoms with Gasteiger partial charge in [0.2, 0.25) is 0 Å². The molecule has 0 radical (unpaired) electrons. The van der Waals surface area contributed by atoms with E-state index in [1.165, 1.54) is 5.57 Å². The minimum Gasteiger partial charge on any atom is -0.299 e. The molecular formula is C11H16O. The standard InChI is InChI=1S/C9H12O.C2H4/c1-3-8-6-9(10)5-4-7(8)2;1-2/h3H,1,4-6H2,2H3;1-2H2. The van der Waals surface area contributed by atoms with Crippen molar-refractivity contribution >= 4 is 5.78 Å². The zero-order chi connectivity index (χ0) is 9.56. The Morgan fingerprint density at radius 2 is 1.92 bits per heavy atom. The van der Waals surface area contributed by atoms with Gasteiger partial charge in [-0.05, 0) is 18.9 Å². The van der Waals surface area contributed by atoms with Crippen LogP contribution in [-0.4, -0.2) is 5.78 Å². The Bertz CT molecular complexity index is 211. The number of ketones is 1. The van der Waals surface area contributed by atoms with E-state index in [4.69, 9.17) is 0 Å². The molecule has 1 heteroatoms. The lowest BCUT2D eigenvalue weighted by Crippen LogP contribution is -2.06. The average Bonchev–Trinajstić information content (AvgIpc) is 2.13. The van der Waals surface area contributed by atoms with E-state index in [1.807, 2.05) is 0 Å². The van der Waals surface area contributed by atoms with Crippen LogP contribution in [0, 0.1) is 0 Å². The Morgan fingerprint density at radius 1 is 1.33 bits per heavy atom. The van der Waals surface area contributed by atoms with Gasteiger partial charge in [-0.3, -0.25) is 4.79 Å². The molecule has 0 unspecified atom stereocenters. The fourth-order valence-electron chi connectivity index (χ4n) is 1.19. The zero-order valence-corrected chi connectivity index (χ0v) is 7.73. The molecular weight excluding hydrogens is 148 g/mol. The van der Waals surface area contributed by atoms with Crippen LogP contribution < -0.4 is 0 Å². The third kappa shape index (κ3) is 2.87. The lowest BCUT2D eigenvalue weighted by Gasteiger charge is -2.12. The average molecular weight is 164 g/mol. The van der Waals surface area contributed by atoms with Crippen LogP contribution in [0.3, 0.4) is 0 Å². The van der Waals surface area contributed by atoms with Crippen molar-refractivity contribution in [3.8, 4) is 0 Å². The second-order valence-electron chi connectivity index (χ2n) is 2.73. The minimum atomic E-state index is 0.348. The topological polar surface area (TPSA) is 17.1 Å². The number of hydrogen-bond donors (Lipinski definition) is 0. The Kier molecular flexibility index (Phi) is 5.02. The maximum Gasteiger partial charge on any atom is 0.137 e. The number of carbonyl (C=O) groups excluding carboxylic acids is 1. The molecule has 1 aliphatic carbocycles. The predicted octanol–water partition coefficient (Wildman–Crippen LogP) is 3.04. The summed E-state index contributed by atoms with van der Waals surface area (Å²) in [7, 11) is 0. The number of allylic oxidation sites excluding steroid dienone is 3. The molecule has 0 aromatic heterocycles. The lowest BCUT2D eigenvalue weighted by atomic mass is 9.92. The van der Waals surface area contributed by atoms with Crippen LogP contribution >= 0.6 is 0 Å². The first kappa shape index (κ1) is 10.9. The fraction of sp³-hybridized carbons (Fsp3) is 0.364. The molecule has 0 saturated carbocycles. The summed E-state index contributed by atoms with van der Waals surface area (Å²) in [6.07, 6.45) is 4.06. The second-order valence-corrected chi connectivity index (χ2v) is 2.73. The van der Waals surface area contributed by atoms with Crippen LogP contribution in [0.25, 0.3) is 0 Å². The van der Waals surface area contributed by atoms with Crippen molar-refractivity contribution in [3.63, 3.8) is 0 Å². The summed E-state index contributed by atoms with van der Waals surface area (Å²) in [5, 5.41) is 0. The molecule has 0 atom stereocenters. The van der Waals surface area contributed by atoms with Crippen molar-refractivity contribution in [1.29, 1.82) is 0 Å². The Morgan fingerprint density at radius 3 is 2.33 bits per heavy atom. The van der Waals surface area contributed by atoms with E-state index >= 15 is 0 Å². The quantitative estimate of drug-likeness (QED) is 0.544. The van der Waals surface area contributed by atoms with E-state index in [9.17, 15) is 4.79 Å². The van der Waals surface area contributed by atoms with E-state index < -0.39 is 0 Å². The largest absolute Gasteiger partial charge is 0.299 e. The summed E-state index contributed by atoms with van der Waals surface area (Å²) < 4.78 is 0. The highest BCUT2D eigenvalue weighted by Crippen LogP contribution is 2.21. The molecule has 0 aliphatic heterocycles. The smallest absolute Gasteiger partial charge is 0.137 e. The van der Waals surface area contributed by atoms with Crippen LogP contribution in [0.4, 0.5) is 0 Å². The SMILES string of the molecule is C=C.C=CC1=C(C)CCC(=O)C1. The first-order valence-corrected chi connectivity index (χ1v) is 4.07. The summed E-state index contributed by atoms with van der Waals surface area (Å²) in [5.74, 6) is 0.348. The first-order valence-electron chi connectivity index (χ1n) is 4.07. The van der Waals surface area contributed by atoms with Crippen molar-refractivity contribution in [2.45, 2.75) is 26.2 Å². The fourth-order valence-corrected chi connectivity index (χ4v) is 1.19. The predicted molar refractivity (Wildman–Crippen MR) is 53.0 cm³/mol. The van der Waals surface area contributed by atoms with E-state index in [0.717, 1.165) is 18.4 Å². The van der Waals surface area contributed by atoms with Crippen molar-refractivity contribution < 1.29 is 4.79 Å². The van der Waals surface area contributed by atoms with Crippen molar-refractivity contribution in [3.05, 3.63) is 37.0 Å². The molecule has 12 heavy (non-hydrogen) atoms. The van der Waals surface area contributed by atoms with Crippen LogP contribution in [0.2, 0.25) is 0 Å². The van der Waals surface area contributed by atoms with Gasteiger partial charge in [0.05, 0.1) is 0 Å². The summed E-state index contributed by atoms with van der Waals surface area (Å²) >= 11 is 0. The number of carbonyl (C=O) groups is 1. The molecule has 1 nitrogen and oxygen atoms in total. The van der Waals surface area contributed by atoms with Gasteiger partial charge in [-0.25, -0.2) is 0 Å². The lowest BCUT2D eigenvalue weighted by molar-refractivity contribution is -0.118. The number of rotatable bonds is 1. The van der Waals surface area contributed by atoms with Crippen molar-refractivity contribution in [2.24, 2.45) is 0 Å². The van der Waals surface area contributed by atoms with Crippen LogP contribution in [0.1, 0.15) is 26.2 Å². The van der Waals surface area contributed by atoms with Crippen LogP contribution in [-0.2, 0) is 4.79 Å². The molecule has 0 N–H and O–H groups in total. The maximum atomic E-state index is 10.9. The third-order valence-electron chi connectivity index (χ3n) is 1.96. The molecule has 0 heterocycles. The summed E-state index contributed by atoms with van der Waals surface area (Å²) in [5.41, 5.74) is 2.46. The third-order valence-corrected chi connectivity index (χ3v) is 1.96. The summed E-state index contributed by atoms with van der Waals surface area (Å²) in [6.45, 7) is 11.7. The van der Waals surface area contributed by atoms with Gasteiger partial charge in [-0.2, -0.15) is 0 Å². The molecule has 0 amide bonds. The van der Waals surface area contributed by atoms with Gasteiger partial charge in [-0.15, -0.1) is 13.2 Å². The molecule has 0 spiro atoms. The van der Waals surface area contributed by atoms with E-state index in [-0.39, 0.29) is 0 Å². The molecule has 0 saturated heterocycles. The monoisotopic (exact) mass is 164 g/mol. The van der Waals surface area contributed by atoms with Gasteiger partial charge < -0.3 is 0 Å². The van der Waals surface area contributed by atoms with E-state index in [0.29, 0.717) is 12.2 Å². The first-order chi connectivity index (χ1) is 5.74. The Hall–Kier alpha value is -1.11. The minimum absolute atomic E-state index is 0.348. The molecule has 0 aromatic carbocycles. The summed E-state index contributed by atoms with van der Waals surface area (Å²) in [6, 6.07) is 0. The van der Waals surface area contributed by atoms with Gasteiger partial charge in [-0.1, -0.05) is 18.2 Å². The van der Waals surface area contributed by atoms with Gasteiger partial charge in [0.15, 0.2) is 0 Å². The highest BCUT2D eigenvalue weighted by Gasteiger charge is 2.12. The number of hydrogen-bond acceptors (Lipinski definition) is 1. The van der Waals surface area contributed by atoms with E-state index in [2.05, 4.69) is 26.7 Å². The normalized spacial score (nSPS) is 16.6. The van der Waals surface area contributed by atoms with Gasteiger partial charge >= 0.3 is 0 Å². The summed E-state index contributed by atoms with van der Waals surface area (Å²) in [4.78, 5) is 10.9. The highest BCUT2D eigenvalue weighted by molar-refractivity contribution is 5.83. The van der Waals surface area contributed by atoms with Crippen molar-refractivity contribution in [2.75, 3.05) is 0 Å². The zero-order valence-electron chi connectivity index (χ0n) is 7.73. The van der Waals surface area contributed by atoms with Gasteiger partial charge in [0.1, 0.15) is 5.78 Å². The second kappa shape index (κ2) is 5.53. The molecule has 0 aromatic rings. The molecule has 0 fully saturated rings. The molecule has 0 bridgehead atoms. The van der Waals surface area contributed by atoms with Crippen molar-refractivity contribution in [1.82, 2.24) is 0 Å². The molecule has 1 rings (SSSR count). The molecule has 66 valence electrons. The number of Topliss-reactive ketones (excluding diaryl/α,β-unsaturated/α-hetero) is 1. The van der Waals surface area contributed by atoms with Gasteiger partial charge in [0, 0.05) is 12.8 Å². The Balaban J connectivity index is 0.000000561. The highest BCUT2D eigenvalue weighted by atomic mass is 16.1. The van der Waals surface area contributed by atoms with Crippen LogP contribution in [0.15, 0.2) is 37.0 Å². The van der Waals surface area contributed by atoms with E-state index in [1.54, 1.807) is 6.08 Å². The Labute approximate surface area is 74.5 Å². The maximum absolute atomic E-state index is 10.9.